The minimum absolute atomic E-state index is 0.00257. The normalized spacial score (nSPS) is 14.4. The molecule has 9 nitrogen and oxygen atoms in total. The zero-order valence-corrected chi connectivity index (χ0v) is 9.20. The van der Waals surface area contributed by atoms with Crippen LogP contribution in [0.15, 0.2) is 0 Å². The van der Waals surface area contributed by atoms with Crippen LogP contribution in [0, 0.1) is 0 Å². The average Bonchev–Trinajstić information content (AvgIpc) is 3.00. The Hall–Kier alpha value is -2.19. The molecular formula is C8H12N6O3. The monoisotopic (exact) mass is 240 g/mol. The van der Waals surface area contributed by atoms with E-state index in [4.69, 9.17) is 5.11 Å². The van der Waals surface area contributed by atoms with E-state index in [1.807, 2.05) is 0 Å². The number of carbonyl (C=O) groups is 2. The van der Waals surface area contributed by atoms with Gasteiger partial charge in [-0.1, -0.05) is 5.10 Å². The van der Waals surface area contributed by atoms with Gasteiger partial charge in [0, 0.05) is 6.04 Å². The number of amides is 2. The first-order valence-electron chi connectivity index (χ1n) is 5.09. The highest BCUT2D eigenvalue weighted by Crippen LogP contribution is 2.26. The third kappa shape index (κ3) is 2.89. The van der Waals surface area contributed by atoms with Crippen LogP contribution in [0.2, 0.25) is 0 Å². The van der Waals surface area contributed by atoms with Crippen molar-refractivity contribution in [1.82, 2.24) is 25.1 Å². The molecule has 1 fully saturated rings. The lowest BCUT2D eigenvalue weighted by Gasteiger charge is -2.19. The summed E-state index contributed by atoms with van der Waals surface area (Å²) in [5.74, 6) is -0.979. The van der Waals surface area contributed by atoms with Crippen molar-refractivity contribution in [1.29, 1.82) is 0 Å². The van der Waals surface area contributed by atoms with E-state index in [0.29, 0.717) is 0 Å². The number of tetrazole rings is 1. The van der Waals surface area contributed by atoms with Gasteiger partial charge in [0.2, 0.25) is 0 Å². The van der Waals surface area contributed by atoms with Crippen LogP contribution in [0.1, 0.15) is 12.8 Å². The molecule has 1 aromatic heterocycles. The number of anilines is 1. The van der Waals surface area contributed by atoms with E-state index in [9.17, 15) is 9.59 Å². The van der Waals surface area contributed by atoms with E-state index in [2.05, 4.69) is 20.7 Å². The van der Waals surface area contributed by atoms with Gasteiger partial charge in [-0.15, -0.1) is 5.10 Å². The minimum Gasteiger partial charge on any atom is -0.480 e. The van der Waals surface area contributed by atoms with E-state index in [0.717, 1.165) is 12.8 Å². The average molecular weight is 240 g/mol. The van der Waals surface area contributed by atoms with E-state index in [-0.39, 0.29) is 18.5 Å². The number of nitrogens with zero attached hydrogens (tertiary/aromatic N) is 5. The number of aryl methyl sites for hydroxylation is 1. The molecule has 0 atom stereocenters. The number of rotatable bonds is 4. The number of nitrogens with one attached hydrogen (secondary N) is 1. The molecule has 2 amide bonds. The molecule has 1 aliphatic rings. The lowest BCUT2D eigenvalue weighted by molar-refractivity contribution is -0.137. The van der Waals surface area contributed by atoms with Crippen LogP contribution in [-0.4, -0.2) is 54.8 Å². The molecule has 0 spiro atoms. The molecule has 17 heavy (non-hydrogen) atoms. The van der Waals surface area contributed by atoms with Crippen LogP contribution < -0.4 is 5.32 Å². The zero-order chi connectivity index (χ0) is 12.4. The van der Waals surface area contributed by atoms with Crippen LogP contribution in [0.25, 0.3) is 0 Å². The van der Waals surface area contributed by atoms with Gasteiger partial charge in [-0.25, -0.2) is 4.79 Å². The maximum Gasteiger partial charge on any atom is 0.325 e. The standard InChI is InChI=1S/C8H12N6O3/c1-13-11-7(10-12-13)9-8(17)14(4-6(15)16)5-2-3-5/h5H,2-4H2,1H3,(H,15,16)(H,9,11,17). The first-order chi connectivity index (χ1) is 8.06. The van der Waals surface area contributed by atoms with Crippen LogP contribution >= 0.6 is 0 Å². The summed E-state index contributed by atoms with van der Waals surface area (Å²) >= 11 is 0. The zero-order valence-electron chi connectivity index (χ0n) is 9.20. The number of aromatic nitrogens is 4. The molecule has 1 aliphatic carbocycles. The molecule has 0 bridgehead atoms. The van der Waals surface area contributed by atoms with Crippen LogP contribution in [0.3, 0.4) is 0 Å². The Labute approximate surface area is 96.4 Å². The van der Waals surface area contributed by atoms with Crippen molar-refractivity contribution < 1.29 is 14.7 Å². The molecule has 1 aromatic rings. The van der Waals surface area contributed by atoms with Crippen LogP contribution in [0.4, 0.5) is 10.7 Å². The lowest BCUT2D eigenvalue weighted by atomic mass is 10.5. The van der Waals surface area contributed by atoms with Gasteiger partial charge in [0.05, 0.1) is 7.05 Å². The van der Waals surface area contributed by atoms with Gasteiger partial charge >= 0.3 is 12.0 Å². The number of hydrogen-bond donors (Lipinski definition) is 2. The molecule has 9 heteroatoms. The second kappa shape index (κ2) is 4.36. The van der Waals surface area contributed by atoms with Crippen molar-refractivity contribution in [2.45, 2.75) is 18.9 Å². The summed E-state index contributed by atoms with van der Waals surface area (Å²) in [5, 5.41) is 22.0. The maximum absolute atomic E-state index is 11.8. The summed E-state index contributed by atoms with van der Waals surface area (Å²) in [6.07, 6.45) is 1.66. The van der Waals surface area contributed by atoms with Gasteiger partial charge in [0.1, 0.15) is 6.54 Å². The molecular weight excluding hydrogens is 228 g/mol. The highest BCUT2D eigenvalue weighted by Gasteiger charge is 2.34. The predicted molar refractivity (Wildman–Crippen MR) is 55.2 cm³/mol. The molecule has 1 saturated carbocycles. The summed E-state index contributed by atoms with van der Waals surface area (Å²) in [6, 6.07) is -0.509. The summed E-state index contributed by atoms with van der Waals surface area (Å²) < 4.78 is 0. The quantitative estimate of drug-likeness (QED) is 0.718. The van der Waals surface area contributed by atoms with Crippen molar-refractivity contribution >= 4 is 17.9 Å². The third-order valence-electron chi connectivity index (χ3n) is 2.28. The first kappa shape index (κ1) is 11.3. The van der Waals surface area contributed by atoms with Crippen molar-refractivity contribution in [3.63, 3.8) is 0 Å². The Morgan fingerprint density at radius 3 is 2.76 bits per heavy atom. The number of carboxylic acid groups (broad SMARTS) is 1. The Kier molecular flexibility index (Phi) is 2.90. The van der Waals surface area contributed by atoms with E-state index in [1.165, 1.54) is 9.70 Å². The SMILES string of the molecule is Cn1nnc(NC(=O)N(CC(=O)O)C2CC2)n1. The Morgan fingerprint density at radius 2 is 2.29 bits per heavy atom. The summed E-state index contributed by atoms with van der Waals surface area (Å²) in [6.45, 7) is -0.323. The second-order valence-corrected chi connectivity index (χ2v) is 3.79. The lowest BCUT2D eigenvalue weighted by Crippen LogP contribution is -2.40. The van der Waals surface area contributed by atoms with Gasteiger partial charge in [-0.2, -0.15) is 4.80 Å². The fourth-order valence-electron chi connectivity index (χ4n) is 1.40. The molecule has 0 aromatic carbocycles. The molecule has 0 unspecified atom stereocenters. The molecule has 1 heterocycles. The first-order valence-corrected chi connectivity index (χ1v) is 5.09. The van der Waals surface area contributed by atoms with Gasteiger partial charge in [0.15, 0.2) is 0 Å². The fraction of sp³-hybridized carbons (Fsp3) is 0.625. The highest BCUT2D eigenvalue weighted by atomic mass is 16.4. The highest BCUT2D eigenvalue weighted by molar-refractivity contribution is 5.90. The number of aliphatic carboxylic acids is 1. The molecule has 0 saturated heterocycles. The smallest absolute Gasteiger partial charge is 0.325 e. The number of carboxylic acids is 1. The number of urea groups is 1. The molecule has 0 radical (unpaired) electrons. The summed E-state index contributed by atoms with van der Waals surface area (Å²) in [7, 11) is 1.57. The maximum atomic E-state index is 11.8. The second-order valence-electron chi connectivity index (χ2n) is 3.79. The van der Waals surface area contributed by atoms with Gasteiger partial charge in [0.25, 0.3) is 5.95 Å². The van der Waals surface area contributed by atoms with Gasteiger partial charge in [-0.05, 0) is 18.1 Å². The topological polar surface area (TPSA) is 113 Å². The van der Waals surface area contributed by atoms with Crippen molar-refractivity contribution in [2.24, 2.45) is 7.05 Å². The number of carbonyl (C=O) groups excluding carboxylic acids is 1. The van der Waals surface area contributed by atoms with Crippen molar-refractivity contribution in [3.8, 4) is 0 Å². The molecule has 0 aliphatic heterocycles. The minimum atomic E-state index is -1.04. The Bertz CT molecular complexity index is 440. The van der Waals surface area contributed by atoms with E-state index in [1.54, 1.807) is 7.05 Å². The largest absolute Gasteiger partial charge is 0.480 e. The fourth-order valence-corrected chi connectivity index (χ4v) is 1.40. The molecule has 92 valence electrons. The third-order valence-corrected chi connectivity index (χ3v) is 2.28. The van der Waals surface area contributed by atoms with Gasteiger partial charge in [-0.3, -0.25) is 10.1 Å². The van der Waals surface area contributed by atoms with E-state index < -0.39 is 12.0 Å². The van der Waals surface area contributed by atoms with Crippen molar-refractivity contribution in [3.05, 3.63) is 0 Å². The predicted octanol–water partition coefficient (Wildman–Crippen LogP) is -0.709. The Morgan fingerprint density at radius 1 is 1.59 bits per heavy atom. The Balaban J connectivity index is 1.98. The van der Waals surface area contributed by atoms with Crippen LogP contribution in [-0.2, 0) is 11.8 Å². The van der Waals surface area contributed by atoms with Crippen LogP contribution in [0.5, 0.6) is 0 Å². The molecule has 2 N–H and O–H groups in total. The van der Waals surface area contributed by atoms with Gasteiger partial charge < -0.3 is 10.0 Å². The number of hydrogen-bond acceptors (Lipinski definition) is 5. The molecule has 2 rings (SSSR count). The van der Waals surface area contributed by atoms with E-state index >= 15 is 0 Å². The summed E-state index contributed by atoms with van der Waals surface area (Å²) in [4.78, 5) is 24.9. The summed E-state index contributed by atoms with van der Waals surface area (Å²) in [5.41, 5.74) is 0. The van der Waals surface area contributed by atoms with Crippen molar-refractivity contribution in [2.75, 3.05) is 11.9 Å².